The van der Waals surface area contributed by atoms with E-state index in [4.69, 9.17) is 15.3 Å². The SMILES string of the molecule is [2H]N([2H])[C@]([2H])(C(=O)[O-])C([2H])(C)C.[2H]N([2H])[C@]([2H])(C(=O)[O-])C([2H])([2H])C([2H])(C)C.[2H]OC(C)C(C(C)=O)C(=O)[O-]. The van der Waals surface area contributed by atoms with E-state index in [1.165, 1.54) is 6.92 Å². The van der Waals surface area contributed by atoms with Crippen LogP contribution in [0.15, 0.2) is 0 Å². The molecular weight excluding hydrogens is 360 g/mol. The molecule has 0 rings (SSSR count). The first-order chi connectivity index (χ1) is 16.5. The third-order valence-corrected chi connectivity index (χ3v) is 2.39. The molecule has 0 saturated carbocycles. The number of rotatable bonds is 11. The molecule has 0 bridgehead atoms. The van der Waals surface area contributed by atoms with Crippen LogP contribution in [0, 0.1) is 17.7 Å². The molecule has 0 aliphatic heterocycles. The summed E-state index contributed by atoms with van der Waals surface area (Å²) in [4.78, 5) is 41.9. The number of aliphatic carboxylic acids is 3. The number of nitrogens with two attached hydrogens (primary N) is 2. The fourth-order valence-corrected chi connectivity index (χ4v) is 1.18. The zero-order valence-electron chi connectivity index (χ0n) is 26.8. The summed E-state index contributed by atoms with van der Waals surface area (Å²) in [6, 6.07) is -5.93. The fourth-order valence-electron chi connectivity index (χ4n) is 1.18. The van der Waals surface area contributed by atoms with Gasteiger partial charge in [0.15, 0.2) is 0 Å². The van der Waals surface area contributed by atoms with Gasteiger partial charge in [0.2, 0.25) is 1.43 Å². The average Bonchev–Trinajstić information content (AvgIpc) is 2.70. The topological polar surface area (TPSA) is 210 Å². The highest BCUT2D eigenvalue weighted by molar-refractivity contribution is 5.96. The minimum atomic E-state index is -3.25. The molecule has 0 saturated heterocycles. The van der Waals surface area contributed by atoms with Gasteiger partial charge in [0, 0.05) is 17.5 Å². The minimum absolute atomic E-state index is 0.338. The molecule has 0 aliphatic rings. The molecule has 4 atom stereocenters. The molecule has 0 aromatic rings. The van der Waals surface area contributed by atoms with Gasteiger partial charge in [-0.05, 0) is 32.0 Å². The molecule has 0 aromatic carbocycles. The summed E-state index contributed by atoms with van der Waals surface area (Å²) in [6.45, 7) is 6.83. The van der Waals surface area contributed by atoms with Crippen LogP contribution in [-0.2, 0) is 19.2 Å². The predicted molar refractivity (Wildman–Crippen MR) is 91.1 cm³/mol. The molecule has 0 amide bonds. The van der Waals surface area contributed by atoms with Gasteiger partial charge in [-0.3, -0.25) is 4.79 Å². The number of Topliss-reactive ketones (excluding diaryl/α,β-unsaturated/α-hetero) is 1. The number of ketones is 1. The van der Waals surface area contributed by atoms with Crippen LogP contribution in [0.4, 0.5) is 0 Å². The number of aliphatic hydroxyl groups excluding tert-OH is 1. The Hall–Kier alpha value is -2.04. The van der Waals surface area contributed by atoms with Crippen molar-refractivity contribution in [2.45, 2.75) is 66.1 Å². The van der Waals surface area contributed by atoms with Gasteiger partial charge in [-0.25, -0.2) is 0 Å². The molecule has 5 N–H and O–H groups in total. The third-order valence-electron chi connectivity index (χ3n) is 2.39. The molecule has 0 heterocycles. The van der Waals surface area contributed by atoms with Crippen molar-refractivity contribution >= 4 is 23.7 Å². The van der Waals surface area contributed by atoms with Crippen LogP contribution in [0.5, 0.6) is 0 Å². The number of carbonyl (C=O) groups excluding carboxylic acids is 4. The van der Waals surface area contributed by atoms with Gasteiger partial charge in [-0.2, -0.15) is 0 Å². The van der Waals surface area contributed by atoms with Crippen molar-refractivity contribution in [1.82, 2.24) is 0 Å². The Bertz CT molecular complexity index is 822. The maximum absolute atomic E-state index is 10.7. The molecule has 0 aliphatic carbocycles. The zero-order chi connectivity index (χ0) is 31.8. The molecule has 0 radical (unpaired) electrons. The van der Waals surface area contributed by atoms with E-state index in [2.05, 4.69) is 5.11 Å². The normalized spacial score (nSPS) is 24.4. The van der Waals surface area contributed by atoms with Crippen molar-refractivity contribution in [2.75, 3.05) is 0 Å². The van der Waals surface area contributed by atoms with Crippen LogP contribution in [0.1, 0.15) is 56.1 Å². The van der Waals surface area contributed by atoms with Gasteiger partial charge in [0.25, 0.3) is 0 Å². The van der Waals surface area contributed by atoms with Gasteiger partial charge in [-0.15, -0.1) is 0 Å². The van der Waals surface area contributed by atoms with Crippen molar-refractivity contribution < 1.29 is 53.5 Å². The highest BCUT2D eigenvalue weighted by atomic mass is 16.4. The molecular formula is C17H31N2O8-3. The van der Waals surface area contributed by atoms with Crippen LogP contribution >= 0.6 is 0 Å². The van der Waals surface area contributed by atoms with Gasteiger partial charge in [0.1, 0.15) is 11.4 Å². The summed E-state index contributed by atoms with van der Waals surface area (Å²) in [7, 11) is 0. The summed E-state index contributed by atoms with van der Waals surface area (Å²) in [5, 5.41) is 35.3. The Labute approximate surface area is 175 Å². The van der Waals surface area contributed by atoms with E-state index < -0.39 is 71.6 Å². The van der Waals surface area contributed by atoms with Crippen molar-refractivity contribution in [3.8, 4) is 0 Å². The van der Waals surface area contributed by atoms with Crippen molar-refractivity contribution in [1.29, 1.82) is 1.43 Å². The summed E-state index contributed by atoms with van der Waals surface area (Å²) in [5.74, 6) is -11.3. The lowest BCUT2D eigenvalue weighted by Gasteiger charge is -2.16. The van der Waals surface area contributed by atoms with Crippen LogP contribution in [0.25, 0.3) is 0 Å². The molecule has 0 fully saturated rings. The van der Waals surface area contributed by atoms with Gasteiger partial charge in [-0.1, -0.05) is 27.7 Å². The Balaban J connectivity index is -0.000000491. The van der Waals surface area contributed by atoms with Crippen molar-refractivity contribution in [3.05, 3.63) is 0 Å². The summed E-state index contributed by atoms with van der Waals surface area (Å²) < 4.78 is 77.2. The number of hydrogen-bond donors (Lipinski definition) is 3. The Morgan fingerprint density at radius 3 is 1.63 bits per heavy atom. The first kappa shape index (κ1) is 13.2. The van der Waals surface area contributed by atoms with E-state index in [1.807, 2.05) is 0 Å². The lowest BCUT2D eigenvalue weighted by Crippen LogP contribution is -2.45. The molecule has 0 spiro atoms. The lowest BCUT2D eigenvalue weighted by molar-refractivity contribution is -0.312. The zero-order valence-corrected chi connectivity index (χ0v) is 15.8. The van der Waals surface area contributed by atoms with Crippen LogP contribution in [0.2, 0.25) is 5.65 Å². The van der Waals surface area contributed by atoms with Gasteiger partial charge < -0.3 is 46.3 Å². The van der Waals surface area contributed by atoms with Gasteiger partial charge >= 0.3 is 0 Å². The highest BCUT2D eigenvalue weighted by Gasteiger charge is 2.20. The van der Waals surface area contributed by atoms with E-state index in [0.29, 0.717) is 0 Å². The molecule has 2 unspecified atom stereocenters. The second-order valence-corrected chi connectivity index (χ2v) is 5.51. The predicted octanol–water partition coefficient (Wildman–Crippen LogP) is -3.85. The van der Waals surface area contributed by atoms with E-state index in [1.54, 1.807) is 0 Å². The van der Waals surface area contributed by atoms with E-state index >= 15 is 0 Å². The lowest BCUT2D eigenvalue weighted by atomic mass is 10.0. The van der Waals surface area contributed by atoms with E-state index in [9.17, 15) is 34.5 Å². The molecule has 0 aromatic heterocycles. The molecule has 10 nitrogen and oxygen atoms in total. The number of carboxylic acids is 3. The second kappa shape index (κ2) is 15.1. The molecule has 27 heavy (non-hydrogen) atoms. The fraction of sp³-hybridized carbons (Fsp3) is 0.765. The van der Waals surface area contributed by atoms with Gasteiger partial charge in [0.05, 0.1) is 32.7 Å². The number of aliphatic hydroxyl groups is 1. The summed E-state index contributed by atoms with van der Waals surface area (Å²) in [5.41, 5.74) is -0.937. The monoisotopic (exact) mass is 402 g/mol. The second-order valence-electron chi connectivity index (χ2n) is 5.51. The molecule has 10 heteroatoms. The maximum Gasteiger partial charge on any atom is 0.210 e. The largest absolute Gasteiger partial charge is 0.549 e. The average molecular weight is 403 g/mol. The summed E-state index contributed by atoms with van der Waals surface area (Å²) in [6.07, 6.45) is -3.90. The number of carbonyl (C=O) groups is 4. The summed E-state index contributed by atoms with van der Waals surface area (Å²) >= 11 is 0. The Morgan fingerprint density at radius 2 is 1.56 bits per heavy atom. The minimum Gasteiger partial charge on any atom is -0.549 e. The highest BCUT2D eigenvalue weighted by Crippen LogP contribution is 2.02. The Kier molecular flexibility index (Phi) is 7.36. The van der Waals surface area contributed by atoms with E-state index in [0.717, 1.165) is 34.6 Å². The Morgan fingerprint density at radius 1 is 1.04 bits per heavy atom. The van der Waals surface area contributed by atoms with E-state index in [-0.39, 0.29) is 5.72 Å². The first-order valence-corrected chi connectivity index (χ1v) is 7.35. The van der Waals surface area contributed by atoms with Crippen molar-refractivity contribution in [3.63, 3.8) is 0 Å². The smallest absolute Gasteiger partial charge is 0.210 e. The maximum atomic E-state index is 10.7. The number of hydrogen-bond acceptors (Lipinski definition) is 10. The van der Waals surface area contributed by atoms with Crippen LogP contribution < -0.4 is 26.8 Å². The quantitative estimate of drug-likeness (QED) is 0.286. The molecule has 160 valence electrons. The van der Waals surface area contributed by atoms with Crippen LogP contribution in [-0.4, -0.2) is 48.4 Å². The standard InChI is InChI=1S/C6H13NO2.C6H10O4.C5H11NO2/c1-4(2)3-5(7)6(8)9;1-3(7)5(4(2)8)6(9)10;1-3(2)4(6)5(7)8/h4-5H,3,7H2,1-2H3,(H,8,9);3,5,7H,1-2H3,(H,9,10);3-4H,6H2,1-2H3,(H,7,8)/p-3/t5-;;4-/m0.0/s1/i3D2,4D,5D;7D;3D,4D/hD4. The number of carboxylic acid groups (broad SMARTS) is 3. The third kappa shape index (κ3) is 17.1. The first-order valence-electron chi connectivity index (χ1n) is 12.5. The van der Waals surface area contributed by atoms with Crippen LogP contribution in [0.3, 0.4) is 0 Å². The van der Waals surface area contributed by atoms with Crippen molar-refractivity contribution in [2.24, 2.45) is 29.1 Å².